The first-order chi connectivity index (χ1) is 9.00. The summed E-state index contributed by atoms with van der Waals surface area (Å²) in [5, 5.41) is 4.73. The second kappa shape index (κ2) is 5.70. The van der Waals surface area contributed by atoms with Crippen LogP contribution in [0.3, 0.4) is 0 Å². The van der Waals surface area contributed by atoms with E-state index >= 15 is 0 Å². The summed E-state index contributed by atoms with van der Waals surface area (Å²) >= 11 is 0. The quantitative estimate of drug-likeness (QED) is 0.877. The number of benzene rings is 1. The van der Waals surface area contributed by atoms with Crippen molar-refractivity contribution in [3.05, 3.63) is 42.1 Å². The Labute approximate surface area is 116 Å². The summed E-state index contributed by atoms with van der Waals surface area (Å²) in [7, 11) is 0. The number of aromatic nitrogens is 1. The van der Waals surface area contributed by atoms with Gasteiger partial charge in [0.25, 0.3) is 0 Å². The van der Waals surface area contributed by atoms with Gasteiger partial charge in [-0.05, 0) is 30.0 Å². The molecule has 102 valence electrons. The van der Waals surface area contributed by atoms with Crippen LogP contribution in [0, 0.1) is 0 Å². The molecular weight excluding hydrogens is 232 g/mol. The average molecular weight is 256 g/mol. The lowest BCUT2D eigenvalue weighted by Gasteiger charge is -2.27. The number of nitrogens with one attached hydrogen (secondary N) is 1. The van der Waals surface area contributed by atoms with Gasteiger partial charge in [-0.1, -0.05) is 52.0 Å². The van der Waals surface area contributed by atoms with Gasteiger partial charge in [0, 0.05) is 17.6 Å². The molecule has 0 amide bonds. The molecule has 1 aromatic carbocycles. The number of hydrogen-bond donors (Lipinski definition) is 1. The maximum absolute atomic E-state index is 4.57. The Bertz CT molecular complexity index is 538. The standard InChI is InChI=1S/C17H24N2/c1-13(2)18-12-10-17(3,4)15-9-5-7-14-8-6-11-19-16(14)15/h5-9,11,13,18H,10,12H2,1-4H3. The zero-order valence-corrected chi connectivity index (χ0v) is 12.4. The Balaban J connectivity index is 2.27. The molecule has 0 fully saturated rings. The maximum Gasteiger partial charge on any atom is 0.0739 e. The van der Waals surface area contributed by atoms with Crippen molar-refractivity contribution in [3.8, 4) is 0 Å². The highest BCUT2D eigenvalue weighted by Gasteiger charge is 2.22. The molecule has 0 atom stereocenters. The van der Waals surface area contributed by atoms with Crippen molar-refractivity contribution in [1.29, 1.82) is 0 Å². The summed E-state index contributed by atoms with van der Waals surface area (Å²) in [6.45, 7) is 10.0. The zero-order valence-electron chi connectivity index (χ0n) is 12.4. The van der Waals surface area contributed by atoms with Crippen molar-refractivity contribution < 1.29 is 0 Å². The zero-order chi connectivity index (χ0) is 13.9. The molecular formula is C17H24N2. The molecule has 2 nitrogen and oxygen atoms in total. The van der Waals surface area contributed by atoms with Crippen LogP contribution in [0.15, 0.2) is 36.5 Å². The Kier molecular flexibility index (Phi) is 4.20. The van der Waals surface area contributed by atoms with Crippen LogP contribution >= 0.6 is 0 Å². The van der Waals surface area contributed by atoms with Gasteiger partial charge in [-0.3, -0.25) is 4.98 Å². The Morgan fingerprint density at radius 3 is 2.63 bits per heavy atom. The molecule has 0 spiro atoms. The second-order valence-corrected chi connectivity index (χ2v) is 6.12. The third-order valence-corrected chi connectivity index (χ3v) is 3.66. The van der Waals surface area contributed by atoms with Crippen LogP contribution in [-0.2, 0) is 5.41 Å². The molecule has 1 aromatic heterocycles. The fourth-order valence-electron chi connectivity index (χ4n) is 2.46. The number of para-hydroxylation sites is 1. The highest BCUT2D eigenvalue weighted by Crippen LogP contribution is 2.31. The van der Waals surface area contributed by atoms with Crippen LogP contribution in [0.2, 0.25) is 0 Å². The predicted molar refractivity (Wildman–Crippen MR) is 82.5 cm³/mol. The Morgan fingerprint density at radius 1 is 1.16 bits per heavy atom. The Hall–Kier alpha value is -1.41. The van der Waals surface area contributed by atoms with Crippen LogP contribution in [0.25, 0.3) is 10.9 Å². The number of hydrogen-bond acceptors (Lipinski definition) is 2. The molecule has 1 N–H and O–H groups in total. The number of fused-ring (bicyclic) bond motifs is 1. The van der Waals surface area contributed by atoms with Crippen molar-refractivity contribution in [3.63, 3.8) is 0 Å². The summed E-state index contributed by atoms with van der Waals surface area (Å²) in [6, 6.07) is 11.2. The molecule has 0 saturated heterocycles. The molecule has 2 rings (SSSR count). The third kappa shape index (κ3) is 3.32. The van der Waals surface area contributed by atoms with Gasteiger partial charge in [0.1, 0.15) is 0 Å². The molecule has 0 aliphatic rings. The number of pyridine rings is 1. The topological polar surface area (TPSA) is 24.9 Å². The summed E-state index contributed by atoms with van der Waals surface area (Å²) in [5.74, 6) is 0. The van der Waals surface area contributed by atoms with Crippen LogP contribution < -0.4 is 5.32 Å². The molecule has 0 radical (unpaired) electrons. The first kappa shape index (κ1) is 14.0. The summed E-state index contributed by atoms with van der Waals surface area (Å²) in [6.07, 6.45) is 3.00. The van der Waals surface area contributed by atoms with Crippen LogP contribution in [-0.4, -0.2) is 17.6 Å². The van der Waals surface area contributed by atoms with Crippen molar-refractivity contribution in [2.75, 3.05) is 6.54 Å². The lowest BCUT2D eigenvalue weighted by atomic mass is 9.80. The number of nitrogens with zero attached hydrogens (tertiary/aromatic N) is 1. The third-order valence-electron chi connectivity index (χ3n) is 3.66. The summed E-state index contributed by atoms with van der Waals surface area (Å²) < 4.78 is 0. The van der Waals surface area contributed by atoms with Gasteiger partial charge in [0.2, 0.25) is 0 Å². The largest absolute Gasteiger partial charge is 0.315 e. The lowest BCUT2D eigenvalue weighted by molar-refractivity contribution is 0.443. The molecule has 0 bridgehead atoms. The molecule has 2 aromatic rings. The van der Waals surface area contributed by atoms with E-state index < -0.39 is 0 Å². The van der Waals surface area contributed by atoms with Crippen molar-refractivity contribution in [2.45, 2.75) is 45.6 Å². The molecule has 0 aliphatic heterocycles. The van der Waals surface area contributed by atoms with Gasteiger partial charge in [-0.2, -0.15) is 0 Å². The van der Waals surface area contributed by atoms with Gasteiger partial charge in [0.05, 0.1) is 5.52 Å². The SMILES string of the molecule is CC(C)NCCC(C)(C)c1cccc2cccnc12. The van der Waals surface area contributed by atoms with E-state index in [9.17, 15) is 0 Å². The molecule has 2 heteroatoms. The fourth-order valence-corrected chi connectivity index (χ4v) is 2.46. The molecule has 1 heterocycles. The van der Waals surface area contributed by atoms with E-state index in [0.29, 0.717) is 6.04 Å². The second-order valence-electron chi connectivity index (χ2n) is 6.12. The first-order valence-electron chi connectivity index (χ1n) is 7.08. The van der Waals surface area contributed by atoms with Crippen molar-refractivity contribution in [2.24, 2.45) is 0 Å². The van der Waals surface area contributed by atoms with Gasteiger partial charge < -0.3 is 5.32 Å². The predicted octanol–water partition coefficient (Wildman–Crippen LogP) is 3.90. The average Bonchev–Trinajstić information content (AvgIpc) is 2.37. The highest BCUT2D eigenvalue weighted by molar-refractivity contribution is 5.82. The van der Waals surface area contributed by atoms with Crippen LogP contribution in [0.1, 0.15) is 39.7 Å². The number of rotatable bonds is 5. The van der Waals surface area contributed by atoms with E-state index in [4.69, 9.17) is 0 Å². The van der Waals surface area contributed by atoms with Crippen LogP contribution in [0.5, 0.6) is 0 Å². The maximum atomic E-state index is 4.57. The molecule has 0 unspecified atom stereocenters. The monoisotopic (exact) mass is 256 g/mol. The lowest BCUT2D eigenvalue weighted by Crippen LogP contribution is -2.29. The van der Waals surface area contributed by atoms with Gasteiger partial charge in [-0.25, -0.2) is 0 Å². The van der Waals surface area contributed by atoms with E-state index in [2.05, 4.69) is 62.3 Å². The van der Waals surface area contributed by atoms with Crippen LogP contribution in [0.4, 0.5) is 0 Å². The fraction of sp³-hybridized carbons (Fsp3) is 0.471. The smallest absolute Gasteiger partial charge is 0.0739 e. The van der Waals surface area contributed by atoms with E-state index in [-0.39, 0.29) is 5.41 Å². The summed E-state index contributed by atoms with van der Waals surface area (Å²) in [5.41, 5.74) is 2.62. The molecule has 19 heavy (non-hydrogen) atoms. The van der Waals surface area contributed by atoms with E-state index in [1.807, 2.05) is 12.3 Å². The molecule has 0 aliphatic carbocycles. The minimum Gasteiger partial charge on any atom is -0.315 e. The van der Waals surface area contributed by atoms with Gasteiger partial charge in [0.15, 0.2) is 0 Å². The van der Waals surface area contributed by atoms with Crippen molar-refractivity contribution >= 4 is 10.9 Å². The minimum absolute atomic E-state index is 0.135. The van der Waals surface area contributed by atoms with E-state index in [1.54, 1.807) is 0 Å². The Morgan fingerprint density at radius 2 is 1.89 bits per heavy atom. The van der Waals surface area contributed by atoms with E-state index in [0.717, 1.165) is 18.5 Å². The highest BCUT2D eigenvalue weighted by atomic mass is 14.9. The van der Waals surface area contributed by atoms with Gasteiger partial charge in [-0.15, -0.1) is 0 Å². The molecule has 0 saturated carbocycles. The normalized spacial score (nSPS) is 12.3. The first-order valence-corrected chi connectivity index (χ1v) is 7.08. The van der Waals surface area contributed by atoms with E-state index in [1.165, 1.54) is 10.9 Å². The van der Waals surface area contributed by atoms with Gasteiger partial charge >= 0.3 is 0 Å². The van der Waals surface area contributed by atoms with Crippen molar-refractivity contribution in [1.82, 2.24) is 10.3 Å². The minimum atomic E-state index is 0.135. The summed E-state index contributed by atoms with van der Waals surface area (Å²) in [4.78, 5) is 4.57.